The fraction of sp³-hybridized carbons (Fsp3) is 0.688. The third-order valence-corrected chi connectivity index (χ3v) is 3.43. The van der Waals surface area contributed by atoms with Crippen LogP contribution in [0.4, 0.5) is 0 Å². The molecular weight excluding hydrogens is 240 g/mol. The van der Waals surface area contributed by atoms with Gasteiger partial charge in [0.15, 0.2) is 0 Å². The van der Waals surface area contributed by atoms with Crippen LogP contribution >= 0.6 is 0 Å². The number of hydrogen-bond donors (Lipinski definition) is 1. The zero-order valence-corrected chi connectivity index (χ0v) is 12.0. The molecule has 0 saturated carbocycles. The zero-order chi connectivity index (χ0) is 13.9. The van der Waals surface area contributed by atoms with Crippen LogP contribution in [0.5, 0.6) is 0 Å². The minimum absolute atomic E-state index is 0.255. The van der Waals surface area contributed by atoms with Crippen LogP contribution in [-0.2, 0) is 6.42 Å². The first-order chi connectivity index (χ1) is 9.24. The molecule has 1 aromatic rings. The molecule has 1 rings (SSSR count). The van der Waals surface area contributed by atoms with Crippen molar-refractivity contribution in [1.82, 2.24) is 0 Å². The normalized spacial score (nSPS) is 10.8. The van der Waals surface area contributed by atoms with Gasteiger partial charge >= 0.3 is 5.97 Å². The summed E-state index contributed by atoms with van der Waals surface area (Å²) in [5.41, 5.74) is 0.255. The number of furan rings is 1. The van der Waals surface area contributed by atoms with E-state index in [0.29, 0.717) is 0 Å². The summed E-state index contributed by atoms with van der Waals surface area (Å²) < 4.78 is 5.22. The van der Waals surface area contributed by atoms with Crippen molar-refractivity contribution in [1.29, 1.82) is 0 Å². The highest BCUT2D eigenvalue weighted by Crippen LogP contribution is 2.14. The lowest BCUT2D eigenvalue weighted by atomic mass is 10.1. The van der Waals surface area contributed by atoms with Gasteiger partial charge in [-0.2, -0.15) is 0 Å². The van der Waals surface area contributed by atoms with E-state index < -0.39 is 5.97 Å². The standard InChI is InChI=1S/C16H26O3/c1-2-3-4-5-6-7-8-9-10-11-15-12-14(13-19-15)16(17)18/h12-13H,2-11H2,1H3,(H,17,18). The molecule has 108 valence electrons. The number of hydrogen-bond acceptors (Lipinski definition) is 2. The van der Waals surface area contributed by atoms with Crippen molar-refractivity contribution in [3.05, 3.63) is 23.7 Å². The van der Waals surface area contributed by atoms with Gasteiger partial charge in [-0.1, -0.05) is 58.3 Å². The van der Waals surface area contributed by atoms with Gasteiger partial charge in [0.25, 0.3) is 0 Å². The first-order valence-corrected chi connectivity index (χ1v) is 7.54. The van der Waals surface area contributed by atoms with Crippen molar-refractivity contribution >= 4 is 5.97 Å². The molecule has 19 heavy (non-hydrogen) atoms. The van der Waals surface area contributed by atoms with E-state index in [0.717, 1.165) is 18.6 Å². The molecule has 0 unspecified atom stereocenters. The van der Waals surface area contributed by atoms with E-state index >= 15 is 0 Å². The van der Waals surface area contributed by atoms with Gasteiger partial charge in [0.2, 0.25) is 0 Å². The van der Waals surface area contributed by atoms with E-state index in [1.54, 1.807) is 6.07 Å². The van der Waals surface area contributed by atoms with E-state index in [1.165, 1.54) is 57.6 Å². The Hall–Kier alpha value is -1.25. The summed E-state index contributed by atoms with van der Waals surface area (Å²) in [7, 11) is 0. The predicted octanol–water partition coefficient (Wildman–Crippen LogP) is 5.05. The fourth-order valence-electron chi connectivity index (χ4n) is 2.23. The van der Waals surface area contributed by atoms with Gasteiger partial charge in [0.1, 0.15) is 12.0 Å². The van der Waals surface area contributed by atoms with Gasteiger partial charge < -0.3 is 9.52 Å². The van der Waals surface area contributed by atoms with Crippen molar-refractivity contribution < 1.29 is 14.3 Å². The highest BCUT2D eigenvalue weighted by atomic mass is 16.4. The van der Waals surface area contributed by atoms with E-state index in [4.69, 9.17) is 9.52 Å². The fourth-order valence-corrected chi connectivity index (χ4v) is 2.23. The average Bonchev–Trinajstić information content (AvgIpc) is 2.86. The zero-order valence-electron chi connectivity index (χ0n) is 12.0. The Morgan fingerprint density at radius 3 is 2.16 bits per heavy atom. The third kappa shape index (κ3) is 7.04. The first-order valence-electron chi connectivity index (χ1n) is 7.54. The number of carboxylic acids is 1. The third-order valence-electron chi connectivity index (χ3n) is 3.43. The molecule has 3 nitrogen and oxygen atoms in total. The lowest BCUT2D eigenvalue weighted by Gasteiger charge is -2.01. The van der Waals surface area contributed by atoms with Crippen LogP contribution in [0.2, 0.25) is 0 Å². The summed E-state index contributed by atoms with van der Waals surface area (Å²) in [6.07, 6.45) is 13.8. The molecule has 0 radical (unpaired) electrons. The second kappa shape index (κ2) is 9.65. The van der Waals surface area contributed by atoms with Gasteiger partial charge in [-0.05, 0) is 12.5 Å². The van der Waals surface area contributed by atoms with Gasteiger partial charge in [-0.3, -0.25) is 0 Å². The molecule has 0 bridgehead atoms. The largest absolute Gasteiger partial charge is 0.478 e. The van der Waals surface area contributed by atoms with Gasteiger partial charge in [-0.25, -0.2) is 4.79 Å². The quantitative estimate of drug-likeness (QED) is 0.570. The minimum atomic E-state index is -0.915. The summed E-state index contributed by atoms with van der Waals surface area (Å²) in [5, 5.41) is 8.77. The molecule has 1 heterocycles. The van der Waals surface area contributed by atoms with Crippen molar-refractivity contribution in [2.75, 3.05) is 0 Å². The molecule has 1 N–H and O–H groups in total. The van der Waals surface area contributed by atoms with Crippen molar-refractivity contribution in [2.24, 2.45) is 0 Å². The number of unbranched alkanes of at least 4 members (excludes halogenated alkanes) is 8. The maximum atomic E-state index is 10.7. The lowest BCUT2D eigenvalue weighted by Crippen LogP contribution is -1.92. The van der Waals surface area contributed by atoms with Crippen LogP contribution < -0.4 is 0 Å². The lowest BCUT2D eigenvalue weighted by molar-refractivity contribution is 0.0696. The maximum Gasteiger partial charge on any atom is 0.338 e. The van der Waals surface area contributed by atoms with Crippen molar-refractivity contribution in [2.45, 2.75) is 71.1 Å². The molecule has 0 spiro atoms. The van der Waals surface area contributed by atoms with Gasteiger partial charge in [0.05, 0.1) is 5.56 Å². The number of aromatic carboxylic acids is 1. The summed E-state index contributed by atoms with van der Waals surface area (Å²) in [5.74, 6) is -0.123. The van der Waals surface area contributed by atoms with Gasteiger partial charge in [0, 0.05) is 6.42 Å². The van der Waals surface area contributed by atoms with Crippen LogP contribution in [0.1, 0.15) is 80.8 Å². The Balaban J connectivity index is 1.97. The molecule has 0 fully saturated rings. The van der Waals surface area contributed by atoms with Crippen LogP contribution in [0.25, 0.3) is 0 Å². The second-order valence-corrected chi connectivity index (χ2v) is 5.19. The Bertz CT molecular complexity index is 355. The summed E-state index contributed by atoms with van der Waals surface area (Å²) >= 11 is 0. The topological polar surface area (TPSA) is 50.4 Å². The number of carbonyl (C=O) groups is 1. The van der Waals surface area contributed by atoms with E-state index in [1.807, 2.05) is 0 Å². The van der Waals surface area contributed by atoms with Crippen molar-refractivity contribution in [3.8, 4) is 0 Å². The Labute approximate surface area is 116 Å². The summed E-state index contributed by atoms with van der Waals surface area (Å²) in [6, 6.07) is 1.63. The molecule has 0 saturated heterocycles. The molecule has 0 atom stereocenters. The molecule has 0 amide bonds. The molecule has 0 aliphatic heterocycles. The summed E-state index contributed by atoms with van der Waals surface area (Å²) in [4.78, 5) is 10.7. The highest BCUT2D eigenvalue weighted by molar-refractivity contribution is 5.87. The number of carboxylic acid groups (broad SMARTS) is 1. The Morgan fingerprint density at radius 1 is 1.05 bits per heavy atom. The molecule has 0 aliphatic carbocycles. The molecule has 0 aromatic carbocycles. The Morgan fingerprint density at radius 2 is 1.63 bits per heavy atom. The van der Waals surface area contributed by atoms with E-state index in [9.17, 15) is 4.79 Å². The number of aryl methyl sites for hydroxylation is 1. The minimum Gasteiger partial charge on any atom is -0.478 e. The Kier molecular flexibility index (Phi) is 8.03. The van der Waals surface area contributed by atoms with Crippen LogP contribution in [0.15, 0.2) is 16.7 Å². The second-order valence-electron chi connectivity index (χ2n) is 5.19. The predicted molar refractivity (Wildman–Crippen MR) is 76.6 cm³/mol. The monoisotopic (exact) mass is 266 g/mol. The molecule has 0 aliphatic rings. The highest BCUT2D eigenvalue weighted by Gasteiger charge is 2.07. The van der Waals surface area contributed by atoms with Crippen LogP contribution in [-0.4, -0.2) is 11.1 Å². The van der Waals surface area contributed by atoms with E-state index in [2.05, 4.69) is 6.92 Å². The smallest absolute Gasteiger partial charge is 0.338 e. The summed E-state index contributed by atoms with van der Waals surface area (Å²) in [6.45, 7) is 2.24. The molecular formula is C16H26O3. The van der Waals surface area contributed by atoms with Crippen LogP contribution in [0, 0.1) is 0 Å². The van der Waals surface area contributed by atoms with Crippen molar-refractivity contribution in [3.63, 3.8) is 0 Å². The van der Waals surface area contributed by atoms with E-state index in [-0.39, 0.29) is 5.56 Å². The van der Waals surface area contributed by atoms with Crippen LogP contribution in [0.3, 0.4) is 0 Å². The molecule has 1 aromatic heterocycles. The SMILES string of the molecule is CCCCCCCCCCCc1cc(C(=O)O)co1. The number of rotatable bonds is 11. The molecule has 3 heteroatoms. The van der Waals surface area contributed by atoms with Gasteiger partial charge in [-0.15, -0.1) is 0 Å². The average molecular weight is 266 g/mol. The first kappa shape index (κ1) is 15.8. The maximum absolute atomic E-state index is 10.7.